The number of nitrogens with one attached hydrogen (secondary N) is 1. The van der Waals surface area contributed by atoms with E-state index in [4.69, 9.17) is 16.7 Å². The molecule has 0 aromatic heterocycles. The maximum absolute atomic E-state index is 12.3. The Hall–Kier alpha value is -1.59. The summed E-state index contributed by atoms with van der Waals surface area (Å²) < 4.78 is 0. The number of amides is 1. The van der Waals surface area contributed by atoms with Gasteiger partial charge in [0, 0.05) is 18.1 Å². The van der Waals surface area contributed by atoms with Crippen LogP contribution in [0.1, 0.15) is 25.3 Å². The molecule has 6 heteroatoms. The molecule has 1 amide bonds. The van der Waals surface area contributed by atoms with Gasteiger partial charge in [-0.1, -0.05) is 29.8 Å². The third kappa shape index (κ3) is 4.21. The van der Waals surface area contributed by atoms with E-state index in [1.807, 2.05) is 30.0 Å². The predicted octanol–water partition coefficient (Wildman–Crippen LogP) is 2.14. The molecule has 5 nitrogen and oxygen atoms in total. The first-order chi connectivity index (χ1) is 10.5. The number of carboxylic acid groups (broad SMARTS) is 1. The van der Waals surface area contributed by atoms with E-state index in [0.29, 0.717) is 24.5 Å². The molecule has 1 aromatic rings. The first kappa shape index (κ1) is 16.8. The van der Waals surface area contributed by atoms with Crippen molar-refractivity contribution in [3.8, 4) is 0 Å². The van der Waals surface area contributed by atoms with E-state index >= 15 is 0 Å². The molecule has 1 aromatic carbocycles. The zero-order valence-corrected chi connectivity index (χ0v) is 13.3. The summed E-state index contributed by atoms with van der Waals surface area (Å²) in [6.45, 7) is 3.37. The van der Waals surface area contributed by atoms with E-state index in [1.54, 1.807) is 6.07 Å². The van der Waals surface area contributed by atoms with Gasteiger partial charge in [0.25, 0.3) is 0 Å². The maximum Gasteiger partial charge on any atom is 0.307 e. The lowest BCUT2D eigenvalue weighted by Crippen LogP contribution is -2.50. The van der Waals surface area contributed by atoms with E-state index in [2.05, 4.69) is 5.32 Å². The van der Waals surface area contributed by atoms with Crippen LogP contribution in [0.2, 0.25) is 5.02 Å². The Morgan fingerprint density at radius 2 is 2.18 bits per heavy atom. The number of nitrogens with zero attached hydrogens (tertiary/aromatic N) is 1. The molecule has 2 atom stereocenters. The minimum Gasteiger partial charge on any atom is -0.481 e. The Kier molecular flexibility index (Phi) is 5.80. The van der Waals surface area contributed by atoms with Crippen molar-refractivity contribution >= 4 is 23.5 Å². The standard InChI is InChI=1S/C16H21ClN2O3/c1-11(19-8-4-6-13(10-19)16(21)22)15(20)18-9-12-5-2-3-7-14(12)17/h2-3,5,7,11,13H,4,6,8-10H2,1H3,(H,18,20)(H,21,22). The average Bonchev–Trinajstić information content (AvgIpc) is 2.53. The van der Waals surface area contributed by atoms with Crippen LogP contribution in [-0.2, 0) is 16.1 Å². The van der Waals surface area contributed by atoms with Crippen LogP contribution in [0, 0.1) is 5.92 Å². The van der Waals surface area contributed by atoms with Gasteiger partial charge in [-0.15, -0.1) is 0 Å². The summed E-state index contributed by atoms with van der Waals surface area (Å²) in [5.74, 6) is -1.27. The zero-order chi connectivity index (χ0) is 16.1. The second-order valence-electron chi connectivity index (χ2n) is 5.66. The number of likely N-dealkylation sites (tertiary alicyclic amines) is 1. The zero-order valence-electron chi connectivity index (χ0n) is 12.6. The third-order valence-electron chi connectivity index (χ3n) is 4.14. The first-order valence-electron chi connectivity index (χ1n) is 7.47. The van der Waals surface area contributed by atoms with Gasteiger partial charge in [-0.3, -0.25) is 14.5 Å². The van der Waals surface area contributed by atoms with Gasteiger partial charge in [0.1, 0.15) is 0 Å². The molecule has 0 saturated carbocycles. The Bertz CT molecular complexity index is 550. The number of carbonyl (C=O) groups excluding carboxylic acids is 1. The van der Waals surface area contributed by atoms with E-state index in [9.17, 15) is 9.59 Å². The van der Waals surface area contributed by atoms with Crippen LogP contribution in [0.5, 0.6) is 0 Å². The van der Waals surface area contributed by atoms with E-state index in [-0.39, 0.29) is 17.9 Å². The summed E-state index contributed by atoms with van der Waals surface area (Å²) in [6, 6.07) is 7.03. The number of hydrogen-bond acceptors (Lipinski definition) is 3. The fraction of sp³-hybridized carbons (Fsp3) is 0.500. The summed E-state index contributed by atoms with van der Waals surface area (Å²) in [5.41, 5.74) is 0.867. The highest BCUT2D eigenvalue weighted by Gasteiger charge is 2.30. The fourth-order valence-corrected chi connectivity index (χ4v) is 2.90. The van der Waals surface area contributed by atoms with Gasteiger partial charge in [0.05, 0.1) is 12.0 Å². The Labute approximate surface area is 135 Å². The molecular weight excluding hydrogens is 304 g/mol. The van der Waals surface area contributed by atoms with Crippen molar-refractivity contribution in [3.63, 3.8) is 0 Å². The normalized spacial score (nSPS) is 20.4. The van der Waals surface area contributed by atoms with Gasteiger partial charge in [0.15, 0.2) is 0 Å². The smallest absolute Gasteiger partial charge is 0.307 e. The molecule has 120 valence electrons. The SMILES string of the molecule is CC(C(=O)NCc1ccccc1Cl)N1CCCC(C(=O)O)C1. The maximum atomic E-state index is 12.3. The number of benzene rings is 1. The van der Waals surface area contributed by atoms with Crippen molar-refractivity contribution in [1.82, 2.24) is 10.2 Å². The van der Waals surface area contributed by atoms with E-state index < -0.39 is 5.97 Å². The van der Waals surface area contributed by atoms with Crippen molar-refractivity contribution < 1.29 is 14.7 Å². The third-order valence-corrected chi connectivity index (χ3v) is 4.51. The summed E-state index contributed by atoms with van der Waals surface area (Å²) in [5, 5.41) is 12.6. The quantitative estimate of drug-likeness (QED) is 0.870. The van der Waals surface area contributed by atoms with Crippen LogP contribution in [-0.4, -0.2) is 41.0 Å². The molecule has 1 aliphatic heterocycles. The fourth-order valence-electron chi connectivity index (χ4n) is 2.70. The molecule has 0 radical (unpaired) electrons. The molecule has 1 aliphatic rings. The van der Waals surface area contributed by atoms with Crippen molar-refractivity contribution in [1.29, 1.82) is 0 Å². The van der Waals surface area contributed by atoms with Gasteiger partial charge >= 0.3 is 5.97 Å². The molecule has 1 saturated heterocycles. The van der Waals surface area contributed by atoms with Crippen LogP contribution in [0.4, 0.5) is 0 Å². The molecule has 22 heavy (non-hydrogen) atoms. The number of aliphatic carboxylic acids is 1. The molecule has 0 bridgehead atoms. The lowest BCUT2D eigenvalue weighted by molar-refractivity contribution is -0.145. The van der Waals surface area contributed by atoms with Gasteiger partial charge < -0.3 is 10.4 Å². The summed E-state index contributed by atoms with van der Waals surface area (Å²) in [7, 11) is 0. The van der Waals surface area contributed by atoms with Crippen LogP contribution in [0.25, 0.3) is 0 Å². The molecule has 2 N–H and O–H groups in total. The molecule has 1 heterocycles. The molecule has 2 rings (SSSR count). The highest BCUT2D eigenvalue weighted by Crippen LogP contribution is 2.19. The molecular formula is C16H21ClN2O3. The Morgan fingerprint density at radius 3 is 2.86 bits per heavy atom. The van der Waals surface area contributed by atoms with Crippen molar-refractivity contribution in [2.75, 3.05) is 13.1 Å². The number of hydrogen-bond donors (Lipinski definition) is 2. The molecule has 0 spiro atoms. The summed E-state index contributed by atoms with van der Waals surface area (Å²) in [6.07, 6.45) is 1.49. The largest absolute Gasteiger partial charge is 0.481 e. The van der Waals surface area contributed by atoms with Crippen LogP contribution in [0.3, 0.4) is 0 Å². The lowest BCUT2D eigenvalue weighted by Gasteiger charge is -2.34. The summed E-state index contributed by atoms with van der Waals surface area (Å²) in [4.78, 5) is 25.3. The minimum absolute atomic E-state index is 0.106. The number of piperidine rings is 1. The van der Waals surface area contributed by atoms with Gasteiger partial charge in [-0.2, -0.15) is 0 Å². The predicted molar refractivity (Wildman–Crippen MR) is 84.7 cm³/mol. The number of carbonyl (C=O) groups is 2. The Morgan fingerprint density at radius 1 is 1.45 bits per heavy atom. The monoisotopic (exact) mass is 324 g/mol. The number of rotatable bonds is 5. The molecule has 1 fully saturated rings. The highest BCUT2D eigenvalue weighted by molar-refractivity contribution is 6.31. The topological polar surface area (TPSA) is 69.6 Å². The van der Waals surface area contributed by atoms with Gasteiger partial charge in [-0.25, -0.2) is 0 Å². The van der Waals surface area contributed by atoms with Crippen molar-refractivity contribution in [2.24, 2.45) is 5.92 Å². The summed E-state index contributed by atoms with van der Waals surface area (Å²) >= 11 is 6.06. The van der Waals surface area contributed by atoms with Gasteiger partial charge in [0.2, 0.25) is 5.91 Å². The highest BCUT2D eigenvalue weighted by atomic mass is 35.5. The molecule has 0 aliphatic carbocycles. The Balaban J connectivity index is 1.89. The van der Waals surface area contributed by atoms with Crippen molar-refractivity contribution in [2.45, 2.75) is 32.4 Å². The van der Waals surface area contributed by atoms with E-state index in [1.165, 1.54) is 0 Å². The number of halogens is 1. The van der Waals surface area contributed by atoms with Crippen LogP contribution >= 0.6 is 11.6 Å². The molecule has 2 unspecified atom stereocenters. The second kappa shape index (κ2) is 7.61. The number of carboxylic acids is 1. The minimum atomic E-state index is -0.784. The van der Waals surface area contributed by atoms with Gasteiger partial charge in [-0.05, 0) is 37.9 Å². The van der Waals surface area contributed by atoms with Crippen molar-refractivity contribution in [3.05, 3.63) is 34.9 Å². The lowest BCUT2D eigenvalue weighted by atomic mass is 9.97. The van der Waals surface area contributed by atoms with E-state index in [0.717, 1.165) is 18.5 Å². The second-order valence-corrected chi connectivity index (χ2v) is 6.06. The van der Waals surface area contributed by atoms with Crippen LogP contribution in [0.15, 0.2) is 24.3 Å². The first-order valence-corrected chi connectivity index (χ1v) is 7.85. The average molecular weight is 325 g/mol. The van der Waals surface area contributed by atoms with Crippen LogP contribution < -0.4 is 5.32 Å².